The first-order valence-electron chi connectivity index (χ1n) is 9.43. The Hall–Kier alpha value is -3.17. The molecule has 1 heterocycles. The summed E-state index contributed by atoms with van der Waals surface area (Å²) in [6, 6.07) is 10.8. The van der Waals surface area contributed by atoms with Crippen LogP contribution in [0.2, 0.25) is 0 Å². The zero-order valence-corrected chi connectivity index (χ0v) is 17.7. The van der Waals surface area contributed by atoms with Crippen molar-refractivity contribution in [1.29, 1.82) is 0 Å². The van der Waals surface area contributed by atoms with E-state index in [1.54, 1.807) is 51.1 Å². The number of hydrogen-bond donors (Lipinski definition) is 3. The van der Waals surface area contributed by atoms with E-state index in [9.17, 15) is 18.0 Å². The van der Waals surface area contributed by atoms with Crippen molar-refractivity contribution in [2.24, 2.45) is 0 Å². The van der Waals surface area contributed by atoms with Crippen LogP contribution < -0.4 is 15.4 Å². The van der Waals surface area contributed by atoms with E-state index in [0.717, 1.165) is 0 Å². The number of sulfonamides is 1. The van der Waals surface area contributed by atoms with E-state index in [2.05, 4.69) is 15.4 Å². The number of rotatable bonds is 7. The van der Waals surface area contributed by atoms with E-state index in [1.807, 2.05) is 0 Å². The molecule has 3 rings (SSSR count). The highest BCUT2D eigenvalue weighted by Gasteiger charge is 2.27. The summed E-state index contributed by atoms with van der Waals surface area (Å²) < 4.78 is 32.4. The molecular formula is C21H23N3O5S. The third kappa shape index (κ3) is 4.69. The molecule has 158 valence electrons. The van der Waals surface area contributed by atoms with Gasteiger partial charge < -0.3 is 15.4 Å². The fraction of sp³-hybridized carbons (Fsp3) is 0.238. The van der Waals surface area contributed by atoms with Crippen molar-refractivity contribution in [3.63, 3.8) is 0 Å². The average Bonchev–Trinajstić information content (AvgIpc) is 3.00. The highest BCUT2D eigenvalue weighted by atomic mass is 32.2. The fourth-order valence-corrected chi connectivity index (χ4v) is 4.21. The lowest BCUT2D eigenvalue weighted by atomic mass is 10.1. The number of benzene rings is 2. The lowest BCUT2D eigenvalue weighted by Crippen LogP contribution is -2.30. The smallest absolute Gasteiger partial charge is 0.338 e. The Kier molecular flexibility index (Phi) is 6.23. The quantitative estimate of drug-likeness (QED) is 0.461. The fourth-order valence-electron chi connectivity index (χ4n) is 2.93. The minimum absolute atomic E-state index is 0.0798. The molecule has 2 aromatic carbocycles. The van der Waals surface area contributed by atoms with Gasteiger partial charge in [0.25, 0.3) is 5.91 Å². The molecule has 0 aromatic heterocycles. The van der Waals surface area contributed by atoms with Crippen LogP contribution in [0.5, 0.6) is 0 Å². The summed E-state index contributed by atoms with van der Waals surface area (Å²) in [5.74, 6) is -0.748. The summed E-state index contributed by atoms with van der Waals surface area (Å²) in [6.07, 6.45) is 1.51. The Morgan fingerprint density at radius 1 is 1.17 bits per heavy atom. The molecule has 30 heavy (non-hydrogen) atoms. The number of carbonyl (C=O) groups is 2. The molecule has 0 bridgehead atoms. The van der Waals surface area contributed by atoms with Crippen LogP contribution in [0.3, 0.4) is 0 Å². The summed E-state index contributed by atoms with van der Waals surface area (Å²) >= 11 is 0. The van der Waals surface area contributed by atoms with E-state index >= 15 is 0 Å². The van der Waals surface area contributed by atoms with Crippen LogP contribution in [0.4, 0.5) is 11.4 Å². The van der Waals surface area contributed by atoms with Crippen molar-refractivity contribution in [1.82, 2.24) is 4.72 Å². The summed E-state index contributed by atoms with van der Waals surface area (Å²) in [4.78, 5) is 24.2. The highest BCUT2D eigenvalue weighted by Crippen LogP contribution is 2.33. The molecule has 0 unspecified atom stereocenters. The third-order valence-corrected chi connectivity index (χ3v) is 5.91. The number of amides is 1. The minimum Gasteiger partial charge on any atom is -0.462 e. The molecular weight excluding hydrogens is 406 g/mol. The summed E-state index contributed by atoms with van der Waals surface area (Å²) in [6.45, 7) is 5.50. The standard InChI is InChI=1S/C21H23N3O5S/c1-4-29-21(26)14-5-7-15(8-6-14)22-12-18-17-11-16(30(27,28)24-13(2)3)9-10-19(17)23-20(18)25/h5-13,22,24H,4H2,1-3H3,(H,23,25)/b18-12-. The minimum atomic E-state index is -3.69. The molecule has 2 aromatic rings. The molecule has 0 fully saturated rings. The molecule has 1 amide bonds. The van der Waals surface area contributed by atoms with Gasteiger partial charge in [0.2, 0.25) is 10.0 Å². The second-order valence-corrected chi connectivity index (χ2v) is 8.65. The first kappa shape index (κ1) is 21.5. The van der Waals surface area contributed by atoms with Gasteiger partial charge >= 0.3 is 5.97 Å². The van der Waals surface area contributed by atoms with Gasteiger partial charge in [0, 0.05) is 29.2 Å². The second-order valence-electron chi connectivity index (χ2n) is 6.94. The van der Waals surface area contributed by atoms with Crippen LogP contribution in [0, 0.1) is 0 Å². The van der Waals surface area contributed by atoms with Gasteiger partial charge in [0.15, 0.2) is 0 Å². The summed E-state index contributed by atoms with van der Waals surface area (Å²) in [5, 5.41) is 5.72. The summed E-state index contributed by atoms with van der Waals surface area (Å²) in [5.41, 5.74) is 2.41. The number of carbonyl (C=O) groups excluding carboxylic acids is 2. The Bertz CT molecular complexity index is 1110. The molecule has 1 aliphatic heterocycles. The molecule has 8 nitrogen and oxygen atoms in total. The van der Waals surface area contributed by atoms with E-state index in [4.69, 9.17) is 4.74 Å². The number of hydrogen-bond acceptors (Lipinski definition) is 6. The van der Waals surface area contributed by atoms with Crippen LogP contribution in [0.15, 0.2) is 53.6 Å². The Morgan fingerprint density at radius 3 is 2.50 bits per heavy atom. The van der Waals surface area contributed by atoms with Crippen LogP contribution in [-0.2, 0) is 19.6 Å². The number of nitrogens with one attached hydrogen (secondary N) is 3. The maximum absolute atomic E-state index is 12.5. The second kappa shape index (κ2) is 8.68. The van der Waals surface area contributed by atoms with Crippen LogP contribution in [-0.4, -0.2) is 32.9 Å². The van der Waals surface area contributed by atoms with Gasteiger partial charge in [-0.25, -0.2) is 17.9 Å². The number of esters is 1. The Labute approximate surface area is 175 Å². The van der Waals surface area contributed by atoms with Gasteiger partial charge in [-0.05, 0) is 63.2 Å². The largest absolute Gasteiger partial charge is 0.462 e. The average molecular weight is 429 g/mol. The van der Waals surface area contributed by atoms with Crippen molar-refractivity contribution in [3.8, 4) is 0 Å². The van der Waals surface area contributed by atoms with Crippen LogP contribution >= 0.6 is 0 Å². The molecule has 3 N–H and O–H groups in total. The SMILES string of the molecule is CCOC(=O)c1ccc(N/C=C2\C(=O)Nc3ccc(S(=O)(=O)NC(C)C)cc32)cc1. The predicted octanol–water partition coefficient (Wildman–Crippen LogP) is 2.96. The van der Waals surface area contributed by atoms with Gasteiger partial charge in [-0.1, -0.05) is 0 Å². The highest BCUT2D eigenvalue weighted by molar-refractivity contribution is 7.89. The maximum Gasteiger partial charge on any atom is 0.338 e. The van der Waals surface area contributed by atoms with Gasteiger partial charge in [0.05, 0.1) is 22.6 Å². The van der Waals surface area contributed by atoms with Crippen LogP contribution in [0.25, 0.3) is 5.57 Å². The monoisotopic (exact) mass is 429 g/mol. The van der Waals surface area contributed by atoms with Gasteiger partial charge in [-0.3, -0.25) is 4.79 Å². The maximum atomic E-state index is 12.5. The molecule has 0 radical (unpaired) electrons. The Balaban J connectivity index is 1.84. The molecule has 0 aliphatic carbocycles. The van der Waals surface area contributed by atoms with Crippen molar-refractivity contribution in [3.05, 3.63) is 59.8 Å². The number of fused-ring (bicyclic) bond motifs is 1. The van der Waals surface area contributed by atoms with E-state index < -0.39 is 16.0 Å². The van der Waals surface area contributed by atoms with Crippen molar-refractivity contribution < 1.29 is 22.7 Å². The van der Waals surface area contributed by atoms with Gasteiger partial charge in [-0.15, -0.1) is 0 Å². The van der Waals surface area contributed by atoms with Gasteiger partial charge in [0.1, 0.15) is 0 Å². The zero-order valence-electron chi connectivity index (χ0n) is 16.9. The molecule has 9 heteroatoms. The van der Waals surface area contributed by atoms with E-state index in [0.29, 0.717) is 34.7 Å². The lowest BCUT2D eigenvalue weighted by Gasteiger charge is -2.10. The molecule has 0 saturated heterocycles. The molecule has 0 saturated carbocycles. The molecule has 1 aliphatic rings. The third-order valence-electron chi connectivity index (χ3n) is 4.25. The lowest BCUT2D eigenvalue weighted by molar-refractivity contribution is -0.110. The summed E-state index contributed by atoms with van der Waals surface area (Å²) in [7, 11) is -3.69. The number of ether oxygens (including phenoxy) is 1. The zero-order chi connectivity index (χ0) is 21.9. The van der Waals surface area contributed by atoms with Crippen molar-refractivity contribution >= 4 is 38.8 Å². The number of anilines is 2. The van der Waals surface area contributed by atoms with Gasteiger partial charge in [-0.2, -0.15) is 0 Å². The predicted molar refractivity (Wildman–Crippen MR) is 115 cm³/mol. The van der Waals surface area contributed by atoms with E-state index in [1.165, 1.54) is 18.3 Å². The Morgan fingerprint density at radius 2 is 1.87 bits per heavy atom. The molecule has 0 atom stereocenters. The first-order chi connectivity index (χ1) is 14.2. The topological polar surface area (TPSA) is 114 Å². The normalized spacial score (nSPS) is 14.5. The van der Waals surface area contributed by atoms with Crippen molar-refractivity contribution in [2.75, 3.05) is 17.2 Å². The molecule has 0 spiro atoms. The van der Waals surface area contributed by atoms with Crippen molar-refractivity contribution in [2.45, 2.75) is 31.7 Å². The first-order valence-corrected chi connectivity index (χ1v) is 10.9. The van der Waals surface area contributed by atoms with Crippen LogP contribution in [0.1, 0.15) is 36.7 Å². The van der Waals surface area contributed by atoms with E-state index in [-0.39, 0.29) is 16.8 Å².